The quantitative estimate of drug-likeness (QED) is 0.502. The molecule has 8 heteroatoms. The second kappa shape index (κ2) is 9.56. The Morgan fingerprint density at radius 3 is 2.53 bits per heavy atom. The third kappa shape index (κ3) is 5.25. The van der Waals surface area contributed by atoms with Crippen LogP contribution in [-0.2, 0) is 0 Å². The lowest BCUT2D eigenvalue weighted by molar-refractivity contribution is -0.384. The van der Waals surface area contributed by atoms with Gasteiger partial charge < -0.3 is 14.5 Å². The van der Waals surface area contributed by atoms with Crippen molar-refractivity contribution in [2.45, 2.75) is 19.8 Å². The largest absolute Gasteiger partial charge is 0.492 e. The van der Waals surface area contributed by atoms with E-state index in [0.29, 0.717) is 17.2 Å². The highest BCUT2D eigenvalue weighted by atomic mass is 19.1. The molecule has 3 rings (SSSR count). The third-order valence-electron chi connectivity index (χ3n) is 5.40. The van der Waals surface area contributed by atoms with E-state index >= 15 is 0 Å². The fourth-order valence-electron chi connectivity index (χ4n) is 3.47. The van der Waals surface area contributed by atoms with Crippen LogP contribution in [0.25, 0.3) is 0 Å². The third-order valence-corrected chi connectivity index (χ3v) is 5.40. The number of hydrogen-bond donors (Lipinski definition) is 0. The number of carbonyl (C=O) groups excluding carboxylic acids is 1. The van der Waals surface area contributed by atoms with E-state index in [1.807, 2.05) is 0 Å². The van der Waals surface area contributed by atoms with E-state index in [1.54, 1.807) is 13.1 Å². The predicted octanol–water partition coefficient (Wildman–Crippen LogP) is 4.12. The van der Waals surface area contributed by atoms with Crippen molar-refractivity contribution in [3.05, 3.63) is 64.0 Å². The highest BCUT2D eigenvalue weighted by Crippen LogP contribution is 2.30. The number of halogens is 1. The topological polar surface area (TPSA) is 75.9 Å². The van der Waals surface area contributed by atoms with E-state index < -0.39 is 4.92 Å². The summed E-state index contributed by atoms with van der Waals surface area (Å²) in [5, 5.41) is 11.2. The van der Waals surface area contributed by atoms with Crippen molar-refractivity contribution in [2.24, 2.45) is 5.92 Å². The monoisotopic (exact) mass is 415 g/mol. The number of amides is 1. The number of non-ortho nitro benzene ring substituents is 1. The Hall–Kier alpha value is -3.16. The van der Waals surface area contributed by atoms with Crippen molar-refractivity contribution in [2.75, 3.05) is 38.2 Å². The van der Waals surface area contributed by atoms with Gasteiger partial charge in [-0.1, -0.05) is 6.92 Å². The molecule has 1 aliphatic rings. The summed E-state index contributed by atoms with van der Waals surface area (Å²) in [5.74, 6) is 0.496. The summed E-state index contributed by atoms with van der Waals surface area (Å²) >= 11 is 0. The molecule has 0 spiro atoms. The molecule has 1 heterocycles. The molecule has 0 aliphatic carbocycles. The Balaban J connectivity index is 1.72. The highest BCUT2D eigenvalue weighted by Gasteiger charge is 2.25. The van der Waals surface area contributed by atoms with Crippen LogP contribution in [0, 0.1) is 21.8 Å². The Kier molecular flexibility index (Phi) is 6.87. The molecule has 0 saturated carbocycles. The van der Waals surface area contributed by atoms with E-state index in [9.17, 15) is 19.3 Å². The van der Waals surface area contributed by atoms with Gasteiger partial charge in [0.25, 0.3) is 11.6 Å². The van der Waals surface area contributed by atoms with Gasteiger partial charge in [0.05, 0.1) is 22.7 Å². The summed E-state index contributed by atoms with van der Waals surface area (Å²) in [5.41, 5.74) is 0.940. The van der Waals surface area contributed by atoms with Gasteiger partial charge in [-0.05, 0) is 49.1 Å². The van der Waals surface area contributed by atoms with Crippen molar-refractivity contribution < 1.29 is 18.8 Å². The summed E-state index contributed by atoms with van der Waals surface area (Å²) in [6.07, 6.45) is 2.04. The number of piperidine rings is 1. The van der Waals surface area contributed by atoms with Crippen LogP contribution in [0.5, 0.6) is 5.75 Å². The number of benzene rings is 2. The molecule has 30 heavy (non-hydrogen) atoms. The van der Waals surface area contributed by atoms with E-state index in [0.717, 1.165) is 31.6 Å². The molecule has 2 aromatic rings. The van der Waals surface area contributed by atoms with Crippen LogP contribution in [0.3, 0.4) is 0 Å². The summed E-state index contributed by atoms with van der Waals surface area (Å²) in [6, 6.07) is 10.1. The summed E-state index contributed by atoms with van der Waals surface area (Å²) < 4.78 is 18.5. The fraction of sp³-hybridized carbons (Fsp3) is 0.409. The van der Waals surface area contributed by atoms with Gasteiger partial charge in [0.1, 0.15) is 18.2 Å². The maximum atomic E-state index is 13.1. The number of nitrogens with zero attached hydrogens (tertiary/aromatic N) is 3. The van der Waals surface area contributed by atoms with Gasteiger partial charge in [0, 0.05) is 32.3 Å². The van der Waals surface area contributed by atoms with Gasteiger partial charge in [-0.3, -0.25) is 14.9 Å². The molecule has 1 amide bonds. The average Bonchev–Trinajstić information content (AvgIpc) is 2.74. The fourth-order valence-corrected chi connectivity index (χ4v) is 3.47. The van der Waals surface area contributed by atoms with Crippen LogP contribution in [0.1, 0.15) is 30.1 Å². The Morgan fingerprint density at radius 2 is 1.90 bits per heavy atom. The Bertz CT molecular complexity index is 896. The summed E-state index contributed by atoms with van der Waals surface area (Å²) in [6.45, 7) is 4.34. The van der Waals surface area contributed by atoms with E-state index in [1.165, 1.54) is 41.3 Å². The molecule has 0 N–H and O–H groups in total. The second-order valence-electron chi connectivity index (χ2n) is 7.66. The molecule has 2 aromatic carbocycles. The number of nitro benzene ring substituents is 1. The molecule has 1 saturated heterocycles. The van der Waals surface area contributed by atoms with Crippen LogP contribution >= 0.6 is 0 Å². The smallest absolute Gasteiger partial charge is 0.270 e. The van der Waals surface area contributed by atoms with E-state index in [-0.39, 0.29) is 30.6 Å². The van der Waals surface area contributed by atoms with Crippen LogP contribution in [-0.4, -0.2) is 49.0 Å². The van der Waals surface area contributed by atoms with Gasteiger partial charge in [0.15, 0.2) is 0 Å². The number of carbonyl (C=O) groups is 1. The minimum Gasteiger partial charge on any atom is -0.492 e. The number of rotatable bonds is 7. The first-order valence-corrected chi connectivity index (χ1v) is 10.0. The van der Waals surface area contributed by atoms with Gasteiger partial charge in [-0.25, -0.2) is 4.39 Å². The number of nitro groups is 1. The Labute approximate surface area is 175 Å². The minimum absolute atomic E-state index is 0.108. The number of hydrogen-bond acceptors (Lipinski definition) is 5. The van der Waals surface area contributed by atoms with E-state index in [2.05, 4.69) is 11.8 Å². The maximum absolute atomic E-state index is 13.1. The maximum Gasteiger partial charge on any atom is 0.270 e. The molecule has 160 valence electrons. The lowest BCUT2D eigenvalue weighted by atomic mass is 9.97. The normalized spacial score (nSPS) is 14.4. The van der Waals surface area contributed by atoms with Crippen LogP contribution < -0.4 is 9.64 Å². The molecule has 1 aliphatic heterocycles. The first-order chi connectivity index (χ1) is 14.3. The van der Waals surface area contributed by atoms with Crippen molar-refractivity contribution in [3.8, 4) is 5.75 Å². The molecule has 0 unspecified atom stereocenters. The van der Waals surface area contributed by atoms with Crippen LogP contribution in [0.4, 0.5) is 15.8 Å². The van der Waals surface area contributed by atoms with Crippen molar-refractivity contribution in [1.82, 2.24) is 4.90 Å². The Morgan fingerprint density at radius 1 is 1.23 bits per heavy atom. The molecule has 0 atom stereocenters. The van der Waals surface area contributed by atoms with Crippen molar-refractivity contribution >= 4 is 17.3 Å². The summed E-state index contributed by atoms with van der Waals surface area (Å²) in [7, 11) is 1.64. The predicted molar refractivity (Wildman–Crippen MR) is 113 cm³/mol. The average molecular weight is 415 g/mol. The SMILES string of the molecule is CC1CCN(c2ccc([N+](=O)[O-])cc2C(=O)N(C)CCOc2ccc(F)cc2)CC1. The van der Waals surface area contributed by atoms with Gasteiger partial charge >= 0.3 is 0 Å². The van der Waals surface area contributed by atoms with E-state index in [4.69, 9.17) is 4.74 Å². The molecule has 0 radical (unpaired) electrons. The van der Waals surface area contributed by atoms with Gasteiger partial charge in [-0.15, -0.1) is 0 Å². The zero-order valence-corrected chi connectivity index (χ0v) is 17.2. The molecular weight excluding hydrogens is 389 g/mol. The number of anilines is 1. The zero-order chi connectivity index (χ0) is 21.7. The summed E-state index contributed by atoms with van der Waals surface area (Å²) in [4.78, 5) is 27.5. The molecule has 7 nitrogen and oxygen atoms in total. The highest BCUT2D eigenvalue weighted by molar-refractivity contribution is 6.00. The molecule has 0 aromatic heterocycles. The lowest BCUT2D eigenvalue weighted by Crippen LogP contribution is -2.36. The second-order valence-corrected chi connectivity index (χ2v) is 7.66. The van der Waals surface area contributed by atoms with Crippen LogP contribution in [0.2, 0.25) is 0 Å². The minimum atomic E-state index is -0.490. The first-order valence-electron chi connectivity index (χ1n) is 10.0. The molecular formula is C22H26FN3O4. The molecule has 1 fully saturated rings. The number of ether oxygens (including phenoxy) is 1. The van der Waals surface area contributed by atoms with Crippen LogP contribution in [0.15, 0.2) is 42.5 Å². The lowest BCUT2D eigenvalue weighted by Gasteiger charge is -2.33. The van der Waals surface area contributed by atoms with Crippen molar-refractivity contribution in [3.63, 3.8) is 0 Å². The first kappa shape index (κ1) is 21.5. The number of likely N-dealkylation sites (N-methyl/N-ethyl adjacent to an activating group) is 1. The van der Waals surface area contributed by atoms with Crippen molar-refractivity contribution in [1.29, 1.82) is 0 Å². The zero-order valence-electron chi connectivity index (χ0n) is 17.2. The van der Waals surface area contributed by atoms with Gasteiger partial charge in [-0.2, -0.15) is 0 Å². The molecule has 0 bridgehead atoms. The standard InChI is InChI=1S/C22H26FN3O4/c1-16-9-11-25(12-10-16)21-8-5-18(26(28)29)15-20(21)22(27)24(2)13-14-30-19-6-3-17(23)4-7-19/h3-8,15-16H,9-14H2,1-2H3. The van der Waals surface area contributed by atoms with Gasteiger partial charge in [0.2, 0.25) is 0 Å².